The Bertz CT molecular complexity index is 626. The van der Waals surface area contributed by atoms with Crippen molar-refractivity contribution >= 4 is 12.4 Å². The molecule has 6 heteroatoms. The maximum Gasteiger partial charge on any atom is 0.328 e. The Labute approximate surface area is 202 Å². The molecule has 188 valence electrons. The zero-order valence-electron chi connectivity index (χ0n) is 21.8. The van der Waals surface area contributed by atoms with Crippen molar-refractivity contribution in [1.82, 2.24) is 10.6 Å². The number of hydrogen-bond acceptors (Lipinski definition) is 5. The summed E-state index contributed by atoms with van der Waals surface area (Å²) in [5.41, 5.74) is 1.05. The second-order valence-electron chi connectivity index (χ2n) is 6.29. The van der Waals surface area contributed by atoms with Crippen LogP contribution >= 0.6 is 0 Å². The van der Waals surface area contributed by atoms with Gasteiger partial charge in [-0.05, 0) is 31.9 Å². The quantitative estimate of drug-likeness (QED) is 0.265. The van der Waals surface area contributed by atoms with Gasteiger partial charge in [-0.25, -0.2) is 4.79 Å². The summed E-state index contributed by atoms with van der Waals surface area (Å²) >= 11 is 0. The second-order valence-corrected chi connectivity index (χ2v) is 6.29. The Morgan fingerprint density at radius 1 is 1.24 bits per heavy atom. The molecule has 1 aliphatic rings. The zero-order valence-corrected chi connectivity index (χ0v) is 21.8. The molecule has 0 saturated carbocycles. The Morgan fingerprint density at radius 2 is 1.85 bits per heavy atom. The van der Waals surface area contributed by atoms with Crippen LogP contribution in [-0.2, 0) is 19.1 Å². The van der Waals surface area contributed by atoms with E-state index in [0.29, 0.717) is 31.6 Å². The first-order valence-electron chi connectivity index (χ1n) is 11.8. The van der Waals surface area contributed by atoms with Crippen LogP contribution in [0.5, 0.6) is 0 Å². The summed E-state index contributed by atoms with van der Waals surface area (Å²) < 4.78 is 10.1. The van der Waals surface area contributed by atoms with Crippen LogP contribution in [0.3, 0.4) is 0 Å². The Morgan fingerprint density at radius 3 is 2.30 bits per heavy atom. The number of amides is 1. The second kappa shape index (κ2) is 27.4. The summed E-state index contributed by atoms with van der Waals surface area (Å²) in [5, 5.41) is 5.73. The number of nitrogens with one attached hydrogen (secondary N) is 2. The topological polar surface area (TPSA) is 76.7 Å². The highest BCUT2D eigenvalue weighted by Gasteiger charge is 2.20. The molecule has 0 aromatic heterocycles. The molecule has 2 N–H and O–H groups in total. The molecule has 1 aromatic rings. The van der Waals surface area contributed by atoms with Crippen LogP contribution in [0.1, 0.15) is 66.4 Å². The van der Waals surface area contributed by atoms with Gasteiger partial charge in [0.15, 0.2) is 0 Å². The lowest BCUT2D eigenvalue weighted by atomic mass is 10.2. The standard InChI is InChI=1S/C14H17NO.C7H13NO3.2C2H6.C2H4/c1-12-10-14(11-15-12)16-9-5-8-13-6-3-2-4-7-13;1-3-4-6(8-5-9)7(10)11-2;3*1-2/h2-4,6-7,12,14-15H,9-11H2,1H3;5-6H,3-4H2,1-2H3,(H,8,9);2*1-2H3;1-2H2/t12?,14-;;;;/m1..../s1. The van der Waals surface area contributed by atoms with Gasteiger partial charge in [0, 0.05) is 18.2 Å². The molecule has 6 nitrogen and oxygen atoms in total. The molecule has 33 heavy (non-hydrogen) atoms. The van der Waals surface area contributed by atoms with E-state index in [-0.39, 0.29) is 5.97 Å². The van der Waals surface area contributed by atoms with Gasteiger partial charge in [-0.3, -0.25) is 4.79 Å². The summed E-state index contributed by atoms with van der Waals surface area (Å²) in [6.45, 7) is 19.6. The van der Waals surface area contributed by atoms with Crippen molar-refractivity contribution in [2.24, 2.45) is 0 Å². The van der Waals surface area contributed by atoms with E-state index in [0.717, 1.165) is 24.9 Å². The number of rotatable bonds is 7. The fourth-order valence-electron chi connectivity index (χ4n) is 2.62. The van der Waals surface area contributed by atoms with E-state index in [4.69, 9.17) is 4.74 Å². The largest absolute Gasteiger partial charge is 0.467 e. The van der Waals surface area contributed by atoms with E-state index in [1.807, 2.05) is 65.0 Å². The first kappa shape index (κ1) is 35.0. The molecule has 0 bridgehead atoms. The number of esters is 1. The normalized spacial score (nSPS) is 16.0. The van der Waals surface area contributed by atoms with Gasteiger partial charge in [-0.2, -0.15) is 0 Å². The lowest BCUT2D eigenvalue weighted by Crippen LogP contribution is -2.36. The highest BCUT2D eigenvalue weighted by molar-refractivity contribution is 5.77. The molecule has 0 aliphatic carbocycles. The number of methoxy groups -OCH3 is 1. The van der Waals surface area contributed by atoms with E-state index < -0.39 is 6.04 Å². The summed E-state index contributed by atoms with van der Waals surface area (Å²) in [6, 6.07) is 10.1. The van der Waals surface area contributed by atoms with Crippen LogP contribution in [0, 0.1) is 11.8 Å². The van der Waals surface area contributed by atoms with Crippen molar-refractivity contribution < 1.29 is 19.1 Å². The molecule has 1 aliphatic heterocycles. The van der Waals surface area contributed by atoms with Crippen molar-refractivity contribution in [2.45, 2.75) is 79.0 Å². The third-order valence-corrected chi connectivity index (χ3v) is 4.04. The smallest absolute Gasteiger partial charge is 0.328 e. The van der Waals surface area contributed by atoms with Crippen LogP contribution < -0.4 is 10.6 Å². The number of hydrogen-bond donors (Lipinski definition) is 2. The number of ether oxygens (including phenoxy) is 2. The van der Waals surface area contributed by atoms with Gasteiger partial charge in [-0.15, -0.1) is 13.2 Å². The van der Waals surface area contributed by atoms with Gasteiger partial charge in [-0.1, -0.05) is 71.1 Å². The van der Waals surface area contributed by atoms with Crippen LogP contribution in [0.25, 0.3) is 0 Å². The summed E-state index contributed by atoms with van der Waals surface area (Å²) in [7, 11) is 1.30. The number of carbonyl (C=O) groups excluding carboxylic acids is 2. The first-order valence-corrected chi connectivity index (χ1v) is 11.8. The fourth-order valence-corrected chi connectivity index (χ4v) is 2.62. The minimum Gasteiger partial charge on any atom is -0.467 e. The zero-order chi connectivity index (χ0) is 25.9. The molecule has 3 atom stereocenters. The van der Waals surface area contributed by atoms with Gasteiger partial charge in [0.1, 0.15) is 12.6 Å². The predicted octanol–water partition coefficient (Wildman–Crippen LogP) is 4.73. The molecule has 1 aromatic carbocycles. The summed E-state index contributed by atoms with van der Waals surface area (Å²) in [4.78, 5) is 20.8. The average molecular weight is 463 g/mol. The Kier molecular flexibility index (Phi) is 29.1. The van der Waals surface area contributed by atoms with Gasteiger partial charge < -0.3 is 20.1 Å². The molecule has 0 spiro atoms. The fraction of sp³-hybridized carbons (Fsp3) is 0.556. The van der Waals surface area contributed by atoms with Crippen LogP contribution in [0.2, 0.25) is 0 Å². The monoisotopic (exact) mass is 462 g/mol. The van der Waals surface area contributed by atoms with E-state index in [9.17, 15) is 9.59 Å². The minimum absolute atomic E-state index is 0.333. The summed E-state index contributed by atoms with van der Waals surface area (Å²) in [6.07, 6.45) is 3.39. The van der Waals surface area contributed by atoms with Crippen molar-refractivity contribution in [2.75, 3.05) is 20.3 Å². The third-order valence-electron chi connectivity index (χ3n) is 4.04. The number of carbonyl (C=O) groups is 2. The maximum atomic E-state index is 10.8. The van der Waals surface area contributed by atoms with E-state index in [2.05, 4.69) is 47.3 Å². The van der Waals surface area contributed by atoms with Crippen molar-refractivity contribution in [1.29, 1.82) is 0 Å². The molecule has 2 rings (SSSR count). The SMILES string of the molecule is C=C.CC.CC.CC1C[C@@H](OCC#Cc2ccccc2)CN1.CCCC(NC=O)C(=O)OC. The summed E-state index contributed by atoms with van der Waals surface area (Å²) in [5.74, 6) is 5.74. The molecule has 1 amide bonds. The highest BCUT2D eigenvalue weighted by Crippen LogP contribution is 2.08. The van der Waals surface area contributed by atoms with Crippen LogP contribution in [0.15, 0.2) is 43.5 Å². The third kappa shape index (κ3) is 19.8. The van der Waals surface area contributed by atoms with Crippen molar-refractivity contribution in [3.63, 3.8) is 0 Å². The highest BCUT2D eigenvalue weighted by atomic mass is 16.5. The van der Waals surface area contributed by atoms with Crippen LogP contribution in [-0.4, -0.2) is 50.8 Å². The maximum absolute atomic E-state index is 10.8. The van der Waals surface area contributed by atoms with Crippen molar-refractivity contribution in [3.8, 4) is 11.8 Å². The Hall–Kier alpha value is -2.62. The predicted molar refractivity (Wildman–Crippen MR) is 139 cm³/mol. The van der Waals surface area contributed by atoms with E-state index in [1.54, 1.807) is 0 Å². The molecule has 1 heterocycles. The van der Waals surface area contributed by atoms with Gasteiger partial charge in [0.05, 0.1) is 13.2 Å². The molecule has 2 unspecified atom stereocenters. The van der Waals surface area contributed by atoms with Crippen LogP contribution in [0.4, 0.5) is 0 Å². The van der Waals surface area contributed by atoms with Gasteiger partial charge >= 0.3 is 5.97 Å². The number of benzene rings is 1. The molecule has 0 radical (unpaired) electrons. The molecule has 1 fully saturated rings. The molecular weight excluding hydrogens is 416 g/mol. The first-order chi connectivity index (χ1) is 16.1. The minimum atomic E-state index is -0.484. The average Bonchev–Trinajstić information content (AvgIpc) is 3.31. The van der Waals surface area contributed by atoms with E-state index >= 15 is 0 Å². The lowest BCUT2D eigenvalue weighted by Gasteiger charge is -2.11. The molecular formula is C27H46N2O4. The Balaban J connectivity index is -0.000000465. The lowest BCUT2D eigenvalue weighted by molar-refractivity contribution is -0.144. The van der Waals surface area contributed by atoms with E-state index in [1.165, 1.54) is 7.11 Å². The molecule has 1 saturated heterocycles. The van der Waals surface area contributed by atoms with Crippen molar-refractivity contribution in [3.05, 3.63) is 49.1 Å². The van der Waals surface area contributed by atoms with Gasteiger partial charge in [0.2, 0.25) is 6.41 Å². The van der Waals surface area contributed by atoms with Gasteiger partial charge in [0.25, 0.3) is 0 Å².